The molecule has 0 saturated carbocycles. The number of aryl methyl sites for hydroxylation is 2. The molecule has 2 fully saturated rings. The fourth-order valence-corrected chi connectivity index (χ4v) is 4.87. The highest BCUT2D eigenvalue weighted by atomic mass is 32.2. The number of amides is 2. The molecule has 0 aromatic heterocycles. The van der Waals surface area contributed by atoms with E-state index in [2.05, 4.69) is 4.72 Å². The van der Waals surface area contributed by atoms with E-state index >= 15 is 0 Å². The zero-order valence-electron chi connectivity index (χ0n) is 15.0. The van der Waals surface area contributed by atoms with Gasteiger partial charge in [-0.15, -0.1) is 0 Å². The molecule has 25 heavy (non-hydrogen) atoms. The van der Waals surface area contributed by atoms with Crippen LogP contribution in [-0.4, -0.2) is 56.5 Å². The van der Waals surface area contributed by atoms with Crippen LogP contribution in [-0.2, 0) is 10.0 Å². The van der Waals surface area contributed by atoms with Crippen LogP contribution in [0, 0.1) is 13.8 Å². The highest BCUT2D eigenvalue weighted by Gasteiger charge is 2.30. The molecule has 1 unspecified atom stereocenters. The molecule has 2 amide bonds. The van der Waals surface area contributed by atoms with E-state index in [1.807, 2.05) is 24.8 Å². The highest BCUT2D eigenvalue weighted by Crippen LogP contribution is 2.19. The van der Waals surface area contributed by atoms with Crippen LogP contribution >= 0.6 is 0 Å². The van der Waals surface area contributed by atoms with E-state index in [4.69, 9.17) is 0 Å². The molecule has 138 valence electrons. The SMILES string of the molecule is Cc1ccc(S(=O)(=O)NC2CCCN(C(=O)N3CCCC3)C2)cc1C. The molecule has 2 heterocycles. The lowest BCUT2D eigenvalue weighted by atomic mass is 10.1. The average Bonchev–Trinajstić information content (AvgIpc) is 3.11. The Bertz CT molecular complexity index is 742. The van der Waals surface area contributed by atoms with Gasteiger partial charge in [0.05, 0.1) is 4.90 Å². The first-order chi connectivity index (χ1) is 11.9. The second-order valence-electron chi connectivity index (χ2n) is 7.13. The van der Waals surface area contributed by atoms with E-state index in [-0.39, 0.29) is 12.1 Å². The molecule has 1 aromatic rings. The van der Waals surface area contributed by atoms with Crippen molar-refractivity contribution in [1.29, 1.82) is 0 Å². The topological polar surface area (TPSA) is 69.7 Å². The predicted molar refractivity (Wildman–Crippen MR) is 97.0 cm³/mol. The summed E-state index contributed by atoms with van der Waals surface area (Å²) in [5.74, 6) is 0. The third-order valence-electron chi connectivity index (χ3n) is 5.18. The number of rotatable bonds is 3. The van der Waals surface area contributed by atoms with Crippen molar-refractivity contribution in [2.75, 3.05) is 26.2 Å². The Hall–Kier alpha value is -1.60. The normalized spacial score (nSPS) is 21.6. The number of carbonyl (C=O) groups excluding carboxylic acids is 1. The van der Waals surface area contributed by atoms with Crippen molar-refractivity contribution in [2.45, 2.75) is 50.5 Å². The van der Waals surface area contributed by atoms with Gasteiger partial charge in [0.1, 0.15) is 0 Å². The first-order valence-corrected chi connectivity index (χ1v) is 10.5. The third kappa shape index (κ3) is 4.15. The summed E-state index contributed by atoms with van der Waals surface area (Å²) in [6, 6.07) is 4.99. The van der Waals surface area contributed by atoms with E-state index in [0.717, 1.165) is 49.9 Å². The number of sulfonamides is 1. The van der Waals surface area contributed by atoms with Crippen molar-refractivity contribution >= 4 is 16.1 Å². The Morgan fingerprint density at radius 1 is 1.04 bits per heavy atom. The lowest BCUT2D eigenvalue weighted by Gasteiger charge is -2.35. The molecule has 7 heteroatoms. The Labute approximate surface area is 150 Å². The Balaban J connectivity index is 1.67. The molecule has 6 nitrogen and oxygen atoms in total. The molecule has 2 aliphatic rings. The van der Waals surface area contributed by atoms with E-state index < -0.39 is 10.0 Å². The maximum absolute atomic E-state index is 12.7. The van der Waals surface area contributed by atoms with Gasteiger partial charge >= 0.3 is 6.03 Å². The van der Waals surface area contributed by atoms with Gasteiger partial charge in [-0.1, -0.05) is 6.07 Å². The van der Waals surface area contributed by atoms with E-state index in [0.29, 0.717) is 18.0 Å². The molecule has 1 N–H and O–H groups in total. The summed E-state index contributed by atoms with van der Waals surface area (Å²) in [5.41, 5.74) is 2.02. The Morgan fingerprint density at radius 3 is 2.40 bits per heavy atom. The summed E-state index contributed by atoms with van der Waals surface area (Å²) in [7, 11) is -3.57. The number of carbonyl (C=O) groups is 1. The maximum atomic E-state index is 12.7. The van der Waals surface area contributed by atoms with Crippen molar-refractivity contribution in [1.82, 2.24) is 14.5 Å². The molecule has 1 atom stereocenters. The molecule has 2 aliphatic heterocycles. The van der Waals surface area contributed by atoms with Gasteiger partial charge in [-0.2, -0.15) is 0 Å². The predicted octanol–water partition coefficient (Wildman–Crippen LogP) is 2.26. The van der Waals surface area contributed by atoms with Gasteiger partial charge < -0.3 is 9.80 Å². The van der Waals surface area contributed by atoms with Crippen LogP contribution in [0.5, 0.6) is 0 Å². The zero-order chi connectivity index (χ0) is 18.0. The number of likely N-dealkylation sites (tertiary alicyclic amines) is 2. The third-order valence-corrected chi connectivity index (χ3v) is 6.70. The van der Waals surface area contributed by atoms with Gasteiger partial charge in [0.15, 0.2) is 0 Å². The standard InChI is InChI=1S/C18H27N3O3S/c1-14-7-8-17(12-15(14)2)25(23,24)19-16-6-5-11-21(13-16)18(22)20-9-3-4-10-20/h7-8,12,16,19H,3-6,9-11,13H2,1-2H3. The summed E-state index contributed by atoms with van der Waals surface area (Å²) in [4.78, 5) is 16.5. The van der Waals surface area contributed by atoms with Gasteiger partial charge in [0, 0.05) is 32.2 Å². The van der Waals surface area contributed by atoms with Crippen molar-refractivity contribution in [3.8, 4) is 0 Å². The molecule has 0 aliphatic carbocycles. The van der Waals surface area contributed by atoms with Crippen molar-refractivity contribution in [3.05, 3.63) is 29.3 Å². The fraction of sp³-hybridized carbons (Fsp3) is 0.611. The van der Waals surface area contributed by atoms with E-state index in [1.54, 1.807) is 17.0 Å². The summed E-state index contributed by atoms with van der Waals surface area (Å²) in [6.07, 6.45) is 3.69. The van der Waals surface area contributed by atoms with Crippen molar-refractivity contribution in [2.24, 2.45) is 0 Å². The quantitative estimate of drug-likeness (QED) is 0.893. The minimum atomic E-state index is -3.57. The summed E-state index contributed by atoms with van der Waals surface area (Å²) in [5, 5.41) is 0. The lowest BCUT2D eigenvalue weighted by Crippen LogP contribution is -2.52. The van der Waals surface area contributed by atoms with Crippen LogP contribution < -0.4 is 4.72 Å². The van der Waals surface area contributed by atoms with E-state index in [9.17, 15) is 13.2 Å². The van der Waals surface area contributed by atoms with Gasteiger partial charge in [0.25, 0.3) is 0 Å². The molecule has 3 rings (SSSR count). The monoisotopic (exact) mass is 365 g/mol. The first kappa shape index (κ1) is 18.2. The van der Waals surface area contributed by atoms with E-state index in [1.165, 1.54) is 0 Å². The number of nitrogens with one attached hydrogen (secondary N) is 1. The van der Waals surface area contributed by atoms with Crippen LogP contribution in [0.25, 0.3) is 0 Å². The Kier molecular flexibility index (Phi) is 5.34. The van der Waals surface area contributed by atoms with Crippen molar-refractivity contribution < 1.29 is 13.2 Å². The number of nitrogens with zero attached hydrogens (tertiary/aromatic N) is 2. The van der Waals surface area contributed by atoms with Crippen LogP contribution in [0.4, 0.5) is 4.79 Å². The molecule has 1 aromatic carbocycles. The largest absolute Gasteiger partial charge is 0.325 e. The maximum Gasteiger partial charge on any atom is 0.320 e. The number of hydrogen-bond acceptors (Lipinski definition) is 3. The van der Waals surface area contributed by atoms with Gasteiger partial charge in [-0.3, -0.25) is 0 Å². The van der Waals surface area contributed by atoms with Gasteiger partial charge in [-0.25, -0.2) is 17.9 Å². The number of piperidine rings is 1. The number of benzene rings is 1. The van der Waals surface area contributed by atoms with Crippen LogP contribution in [0.2, 0.25) is 0 Å². The minimum absolute atomic E-state index is 0.0487. The zero-order valence-corrected chi connectivity index (χ0v) is 15.8. The average molecular weight is 365 g/mol. The second kappa shape index (κ2) is 7.33. The number of hydrogen-bond donors (Lipinski definition) is 1. The smallest absolute Gasteiger partial charge is 0.320 e. The summed E-state index contributed by atoms with van der Waals surface area (Å²) < 4.78 is 28.1. The van der Waals surface area contributed by atoms with Crippen molar-refractivity contribution in [3.63, 3.8) is 0 Å². The summed E-state index contributed by atoms with van der Waals surface area (Å²) in [6.45, 7) is 6.65. The van der Waals surface area contributed by atoms with Gasteiger partial charge in [0.2, 0.25) is 10.0 Å². The summed E-state index contributed by atoms with van der Waals surface area (Å²) >= 11 is 0. The van der Waals surface area contributed by atoms with Crippen LogP contribution in [0.1, 0.15) is 36.8 Å². The molecule has 0 spiro atoms. The molecule has 0 bridgehead atoms. The lowest BCUT2D eigenvalue weighted by molar-refractivity contribution is 0.145. The van der Waals surface area contributed by atoms with Crippen LogP contribution in [0.15, 0.2) is 23.1 Å². The fourth-order valence-electron chi connectivity index (χ4n) is 3.52. The second-order valence-corrected chi connectivity index (χ2v) is 8.84. The molecular weight excluding hydrogens is 338 g/mol. The molecule has 0 radical (unpaired) electrons. The van der Waals surface area contributed by atoms with Gasteiger partial charge in [-0.05, 0) is 62.8 Å². The van der Waals surface area contributed by atoms with Crippen LogP contribution in [0.3, 0.4) is 0 Å². The molecular formula is C18H27N3O3S. The Morgan fingerprint density at radius 2 is 1.72 bits per heavy atom. The first-order valence-electron chi connectivity index (χ1n) is 9.00. The highest BCUT2D eigenvalue weighted by molar-refractivity contribution is 7.89. The minimum Gasteiger partial charge on any atom is -0.325 e. The molecule has 2 saturated heterocycles. The number of urea groups is 1.